The van der Waals surface area contributed by atoms with Crippen molar-refractivity contribution >= 4 is 5.91 Å². The van der Waals surface area contributed by atoms with Gasteiger partial charge in [0.2, 0.25) is 0 Å². The Bertz CT molecular complexity index is 657. The number of aliphatic hydroxyl groups excluding tert-OH is 1. The average molecular weight is 357 g/mol. The lowest BCUT2D eigenvalue weighted by Crippen LogP contribution is -2.36. The van der Waals surface area contributed by atoms with Gasteiger partial charge in [-0.15, -0.1) is 0 Å². The topological polar surface area (TPSA) is 83.7 Å². The van der Waals surface area contributed by atoms with E-state index in [4.69, 9.17) is 5.26 Å². The summed E-state index contributed by atoms with van der Waals surface area (Å²) in [7, 11) is 2.15. The lowest BCUT2D eigenvalue weighted by atomic mass is 9.96. The molecule has 0 unspecified atom stereocenters. The van der Waals surface area contributed by atoms with E-state index in [0.29, 0.717) is 30.3 Å². The van der Waals surface area contributed by atoms with Gasteiger partial charge in [0.15, 0.2) is 0 Å². The minimum Gasteiger partial charge on any atom is -0.396 e. The van der Waals surface area contributed by atoms with Crippen LogP contribution in [0.4, 0.5) is 0 Å². The Kier molecular flexibility index (Phi) is 6.20. The van der Waals surface area contributed by atoms with Gasteiger partial charge in [-0.3, -0.25) is 4.79 Å². The minimum absolute atomic E-state index is 0.0708. The van der Waals surface area contributed by atoms with E-state index in [-0.39, 0.29) is 18.4 Å². The molecule has 1 N–H and O–H groups in total. The fourth-order valence-electron chi connectivity index (χ4n) is 3.90. The van der Waals surface area contributed by atoms with E-state index in [1.165, 1.54) is 6.20 Å². The molecule has 0 saturated carbocycles. The van der Waals surface area contributed by atoms with Crippen LogP contribution in [0.25, 0.3) is 0 Å². The van der Waals surface area contributed by atoms with Gasteiger partial charge >= 0.3 is 0 Å². The Morgan fingerprint density at radius 2 is 2.08 bits per heavy atom. The molecule has 0 spiro atoms. The van der Waals surface area contributed by atoms with Crippen LogP contribution in [0.3, 0.4) is 0 Å². The number of hydrogen-bond donors (Lipinski definition) is 1. The lowest BCUT2D eigenvalue weighted by molar-refractivity contribution is 0.0778. The van der Waals surface area contributed by atoms with Crippen LogP contribution in [0.5, 0.6) is 0 Å². The van der Waals surface area contributed by atoms with Crippen LogP contribution in [-0.2, 0) is 0 Å². The van der Waals surface area contributed by atoms with Gasteiger partial charge in [-0.1, -0.05) is 0 Å². The predicted molar refractivity (Wildman–Crippen MR) is 97.5 cm³/mol. The molecule has 1 amide bonds. The highest BCUT2D eigenvalue weighted by atomic mass is 16.3. The van der Waals surface area contributed by atoms with Gasteiger partial charge in [0, 0.05) is 51.4 Å². The number of nitriles is 1. The van der Waals surface area contributed by atoms with E-state index >= 15 is 0 Å². The normalized spacial score (nSPS) is 25.0. The van der Waals surface area contributed by atoms with Gasteiger partial charge < -0.3 is 19.8 Å². The Labute approximate surface area is 154 Å². The zero-order chi connectivity index (χ0) is 18.5. The minimum atomic E-state index is -0.0708. The Balaban J connectivity index is 1.62. The first-order valence-electron chi connectivity index (χ1n) is 9.28. The molecule has 3 heterocycles. The second-order valence-electron chi connectivity index (χ2n) is 7.41. The zero-order valence-electron chi connectivity index (χ0n) is 15.3. The average Bonchev–Trinajstić information content (AvgIpc) is 2.96. The number of likely N-dealkylation sites (N-methyl/N-ethyl adjacent to an activating group) is 1. The maximum atomic E-state index is 12.7. The Hall–Kier alpha value is -2.01. The molecule has 2 aliphatic heterocycles. The summed E-state index contributed by atoms with van der Waals surface area (Å²) >= 11 is 0. The van der Waals surface area contributed by atoms with Crippen LogP contribution in [0.2, 0.25) is 0 Å². The van der Waals surface area contributed by atoms with Gasteiger partial charge in [-0.25, -0.2) is 4.98 Å². The molecule has 2 atom stereocenters. The summed E-state index contributed by atoms with van der Waals surface area (Å²) in [6, 6.07) is 5.18. The molecule has 1 aromatic heterocycles. The summed E-state index contributed by atoms with van der Waals surface area (Å²) in [5, 5.41) is 18.6. The van der Waals surface area contributed by atoms with Crippen LogP contribution in [-0.4, -0.2) is 90.2 Å². The third-order valence-electron chi connectivity index (χ3n) is 5.53. The van der Waals surface area contributed by atoms with Crippen molar-refractivity contribution in [2.45, 2.75) is 6.42 Å². The van der Waals surface area contributed by atoms with E-state index in [2.05, 4.69) is 21.8 Å². The number of hydrogen-bond acceptors (Lipinski definition) is 6. The number of aliphatic hydroxyl groups is 1. The fraction of sp³-hybridized carbons (Fsp3) is 0.632. The van der Waals surface area contributed by atoms with Crippen molar-refractivity contribution in [3.05, 3.63) is 29.6 Å². The van der Waals surface area contributed by atoms with E-state index < -0.39 is 0 Å². The summed E-state index contributed by atoms with van der Waals surface area (Å²) < 4.78 is 0. The van der Waals surface area contributed by atoms with Gasteiger partial charge in [0.05, 0.1) is 5.56 Å². The highest BCUT2D eigenvalue weighted by Gasteiger charge is 2.36. The molecule has 2 fully saturated rings. The maximum absolute atomic E-state index is 12.7. The van der Waals surface area contributed by atoms with Crippen LogP contribution in [0.1, 0.15) is 22.5 Å². The number of carbonyl (C=O) groups excluding carboxylic acids is 1. The first-order chi connectivity index (χ1) is 12.6. The Morgan fingerprint density at radius 3 is 2.77 bits per heavy atom. The van der Waals surface area contributed by atoms with E-state index in [0.717, 1.165) is 39.1 Å². The number of nitrogens with zero attached hydrogens (tertiary/aromatic N) is 5. The number of carbonyl (C=O) groups is 1. The van der Waals surface area contributed by atoms with Crippen molar-refractivity contribution in [1.82, 2.24) is 19.7 Å². The molecule has 0 aliphatic carbocycles. The number of aromatic nitrogens is 1. The van der Waals surface area contributed by atoms with Crippen molar-refractivity contribution in [1.29, 1.82) is 5.26 Å². The molecule has 7 nitrogen and oxygen atoms in total. The van der Waals surface area contributed by atoms with Crippen molar-refractivity contribution in [2.24, 2.45) is 11.8 Å². The van der Waals surface area contributed by atoms with E-state index in [9.17, 15) is 9.90 Å². The van der Waals surface area contributed by atoms with Crippen molar-refractivity contribution in [2.75, 3.05) is 59.5 Å². The molecule has 0 bridgehead atoms. The lowest BCUT2D eigenvalue weighted by Gasteiger charge is -2.26. The highest BCUT2D eigenvalue weighted by molar-refractivity contribution is 5.94. The quantitative estimate of drug-likeness (QED) is 0.833. The van der Waals surface area contributed by atoms with E-state index in [1.807, 2.05) is 11.0 Å². The molecule has 0 aromatic carbocycles. The molecule has 140 valence electrons. The first kappa shape index (κ1) is 18.8. The standard InChI is InChI=1S/C19H27N5O2/c1-22-5-2-6-23(8-7-22)11-16-12-24(13-17(16)14-25)19(26)15-3-4-18(9-20)21-10-15/h3-4,10,16-17,25H,2,5-8,11-14H2,1H3/t16-,17-/m1/s1. The monoisotopic (exact) mass is 357 g/mol. The van der Waals surface area contributed by atoms with Crippen LogP contribution in [0.15, 0.2) is 18.3 Å². The number of likely N-dealkylation sites (tertiary alicyclic amines) is 1. The molecule has 0 radical (unpaired) electrons. The molecule has 2 aliphatic rings. The van der Waals surface area contributed by atoms with Crippen molar-refractivity contribution in [3.8, 4) is 6.07 Å². The molecule has 26 heavy (non-hydrogen) atoms. The van der Waals surface area contributed by atoms with Gasteiger partial charge in [0.25, 0.3) is 5.91 Å². The van der Waals surface area contributed by atoms with Crippen molar-refractivity contribution < 1.29 is 9.90 Å². The van der Waals surface area contributed by atoms with Crippen LogP contribution >= 0.6 is 0 Å². The van der Waals surface area contributed by atoms with Crippen molar-refractivity contribution in [3.63, 3.8) is 0 Å². The maximum Gasteiger partial charge on any atom is 0.255 e. The predicted octanol–water partition coefficient (Wildman–Crippen LogP) is 0.271. The van der Waals surface area contributed by atoms with Gasteiger partial charge in [0.1, 0.15) is 11.8 Å². The molecule has 7 heteroatoms. The molecule has 3 rings (SSSR count). The summed E-state index contributed by atoms with van der Waals surface area (Å²) in [4.78, 5) is 23.4. The highest BCUT2D eigenvalue weighted by Crippen LogP contribution is 2.26. The molecular formula is C19H27N5O2. The second-order valence-corrected chi connectivity index (χ2v) is 7.41. The SMILES string of the molecule is CN1CCCN(C[C@@H]2CN(C(=O)c3ccc(C#N)nc3)C[C@@H]2CO)CC1. The summed E-state index contributed by atoms with van der Waals surface area (Å²) in [5.74, 6) is 0.337. The first-order valence-corrected chi connectivity index (χ1v) is 9.28. The smallest absolute Gasteiger partial charge is 0.255 e. The van der Waals surface area contributed by atoms with Gasteiger partial charge in [-0.2, -0.15) is 5.26 Å². The van der Waals surface area contributed by atoms with Crippen LogP contribution in [0, 0.1) is 23.2 Å². The molecule has 1 aromatic rings. The van der Waals surface area contributed by atoms with Crippen LogP contribution < -0.4 is 0 Å². The second kappa shape index (κ2) is 8.58. The number of amides is 1. The molecular weight excluding hydrogens is 330 g/mol. The fourth-order valence-corrected chi connectivity index (χ4v) is 3.90. The summed E-state index contributed by atoms with van der Waals surface area (Å²) in [5.41, 5.74) is 0.804. The van der Waals surface area contributed by atoms with E-state index in [1.54, 1.807) is 12.1 Å². The molecule has 2 saturated heterocycles. The largest absolute Gasteiger partial charge is 0.396 e. The van der Waals surface area contributed by atoms with Gasteiger partial charge in [-0.05, 0) is 44.6 Å². The third kappa shape index (κ3) is 4.39. The summed E-state index contributed by atoms with van der Waals surface area (Å²) in [6.45, 7) is 6.58. The Morgan fingerprint density at radius 1 is 1.27 bits per heavy atom. The summed E-state index contributed by atoms with van der Waals surface area (Å²) in [6.07, 6.45) is 2.62. The number of rotatable bonds is 4. The third-order valence-corrected chi connectivity index (χ3v) is 5.53. The zero-order valence-corrected chi connectivity index (χ0v) is 15.3. The number of pyridine rings is 1.